The van der Waals surface area contributed by atoms with Crippen molar-refractivity contribution in [1.29, 1.82) is 0 Å². The van der Waals surface area contributed by atoms with Gasteiger partial charge in [-0.2, -0.15) is 0 Å². The maximum Gasteiger partial charge on any atom is 0.342 e. The van der Waals surface area contributed by atoms with Crippen LogP contribution in [0.15, 0.2) is 23.8 Å². The molecule has 0 aliphatic heterocycles. The number of hydrogen-bond acceptors (Lipinski definition) is 6. The Labute approximate surface area is 170 Å². The zero-order valence-electron chi connectivity index (χ0n) is 17.2. The number of carbonyl (C=O) groups excluding carboxylic acids is 2. The van der Waals surface area contributed by atoms with Crippen LogP contribution in [0.1, 0.15) is 56.0 Å². The summed E-state index contributed by atoms with van der Waals surface area (Å²) < 4.78 is 5.61. The third kappa shape index (κ3) is 2.65. The number of esters is 1. The van der Waals surface area contributed by atoms with Gasteiger partial charge in [-0.1, -0.05) is 26.8 Å². The van der Waals surface area contributed by atoms with Crippen LogP contribution in [-0.2, 0) is 9.53 Å². The van der Waals surface area contributed by atoms with Gasteiger partial charge in [-0.15, -0.1) is 0 Å². The summed E-state index contributed by atoms with van der Waals surface area (Å²) in [6, 6.07) is 2.43. The summed E-state index contributed by atoms with van der Waals surface area (Å²) in [6.07, 6.45) is 4.05. The Morgan fingerprint density at radius 2 is 1.86 bits per heavy atom. The van der Waals surface area contributed by atoms with Crippen LogP contribution in [0.25, 0.3) is 0 Å². The van der Waals surface area contributed by atoms with Crippen LogP contribution >= 0.6 is 0 Å². The zero-order chi connectivity index (χ0) is 21.4. The fourth-order valence-corrected chi connectivity index (χ4v) is 6.18. The molecule has 5 atom stereocenters. The van der Waals surface area contributed by atoms with E-state index in [4.69, 9.17) is 4.74 Å². The van der Waals surface area contributed by atoms with Gasteiger partial charge in [0, 0.05) is 17.1 Å². The predicted octanol–water partition coefficient (Wildman–Crippen LogP) is 3.26. The molecule has 0 heterocycles. The van der Waals surface area contributed by atoms with E-state index < -0.39 is 23.1 Å². The number of phenolic OH excluding ortho intramolecular Hbond substituents is 2. The Morgan fingerprint density at radius 3 is 2.48 bits per heavy atom. The Bertz CT molecular complexity index is 908. The number of ether oxygens (including phenoxy) is 1. The largest absolute Gasteiger partial charge is 0.508 e. The summed E-state index contributed by atoms with van der Waals surface area (Å²) >= 11 is 0. The van der Waals surface area contributed by atoms with E-state index in [0.717, 1.165) is 18.9 Å². The lowest BCUT2D eigenvalue weighted by Gasteiger charge is -2.64. The zero-order valence-corrected chi connectivity index (χ0v) is 17.2. The first-order chi connectivity index (χ1) is 13.4. The third-order valence-corrected chi connectivity index (χ3v) is 7.56. The molecule has 3 N–H and O–H groups in total. The van der Waals surface area contributed by atoms with Gasteiger partial charge in [0.2, 0.25) is 0 Å². The van der Waals surface area contributed by atoms with Gasteiger partial charge in [0.25, 0.3) is 0 Å². The van der Waals surface area contributed by atoms with Gasteiger partial charge in [0.1, 0.15) is 35.1 Å². The van der Waals surface area contributed by atoms with Crippen molar-refractivity contribution in [2.45, 2.75) is 58.7 Å². The van der Waals surface area contributed by atoms with Crippen molar-refractivity contribution in [1.82, 2.24) is 0 Å². The minimum absolute atomic E-state index is 0.0488. The highest BCUT2D eigenvalue weighted by atomic mass is 16.6. The van der Waals surface area contributed by atoms with E-state index in [0.29, 0.717) is 18.3 Å². The molecule has 3 aliphatic rings. The summed E-state index contributed by atoms with van der Waals surface area (Å²) in [5.74, 6) is -0.867. The highest BCUT2D eigenvalue weighted by Crippen LogP contribution is 2.68. The number of fused-ring (bicyclic) bond motifs is 3. The lowest BCUT2D eigenvalue weighted by molar-refractivity contribution is -0.246. The maximum absolute atomic E-state index is 12.8. The second kappa shape index (κ2) is 6.08. The van der Waals surface area contributed by atoms with Crippen LogP contribution in [0.2, 0.25) is 0 Å². The molecule has 3 aliphatic carbocycles. The summed E-state index contributed by atoms with van der Waals surface area (Å²) in [7, 11) is 0. The number of aromatic hydroxyl groups is 2. The number of hydrogen-bond donors (Lipinski definition) is 3. The van der Waals surface area contributed by atoms with E-state index in [1.165, 1.54) is 6.07 Å². The summed E-state index contributed by atoms with van der Waals surface area (Å²) in [5.41, 5.74) is -1.35. The first kappa shape index (κ1) is 20.0. The molecule has 0 saturated heterocycles. The fraction of sp³-hybridized carbons (Fsp3) is 0.565. The first-order valence-electron chi connectivity index (χ1n) is 10.1. The van der Waals surface area contributed by atoms with Crippen LogP contribution in [0, 0.1) is 29.6 Å². The van der Waals surface area contributed by atoms with Crippen molar-refractivity contribution < 1.29 is 29.6 Å². The monoisotopic (exact) mass is 400 g/mol. The minimum atomic E-state index is -1.54. The molecule has 29 heavy (non-hydrogen) atoms. The Balaban J connectivity index is 1.65. The smallest absolute Gasteiger partial charge is 0.342 e. The third-order valence-electron chi connectivity index (χ3n) is 7.56. The molecule has 0 radical (unpaired) electrons. The molecule has 0 amide bonds. The summed E-state index contributed by atoms with van der Waals surface area (Å²) in [4.78, 5) is 24.6. The van der Waals surface area contributed by atoms with Crippen molar-refractivity contribution in [3.05, 3.63) is 34.9 Å². The number of benzene rings is 1. The summed E-state index contributed by atoms with van der Waals surface area (Å²) in [5, 5.41) is 31.3. The molecule has 0 unspecified atom stereocenters. The topological polar surface area (TPSA) is 104 Å². The second-order valence-electron chi connectivity index (χ2n) is 10.0. The molecule has 6 nitrogen and oxygen atoms in total. The van der Waals surface area contributed by atoms with E-state index >= 15 is 0 Å². The van der Waals surface area contributed by atoms with Crippen LogP contribution in [0.4, 0.5) is 0 Å². The van der Waals surface area contributed by atoms with E-state index in [1.54, 1.807) is 6.92 Å². The highest BCUT2D eigenvalue weighted by molar-refractivity contribution is 5.94. The number of allylic oxidation sites excluding steroid dienone is 1. The van der Waals surface area contributed by atoms with Crippen molar-refractivity contribution >= 4 is 12.3 Å². The SMILES string of the molecule is Cc1cc(O)cc(O)c1C(=O)O[C@@H]1C[C@]2(C)[C@H]3CC(C)(C)C[C@H]3C=C(C=O)[C@]12O. The molecule has 2 fully saturated rings. The van der Waals surface area contributed by atoms with Crippen LogP contribution < -0.4 is 0 Å². The van der Waals surface area contributed by atoms with Gasteiger partial charge in [0.15, 0.2) is 0 Å². The number of aliphatic hydroxyl groups is 1. The lowest BCUT2D eigenvalue weighted by Crippen LogP contribution is -2.72. The number of aldehydes is 1. The molecule has 1 aromatic rings. The number of aryl methyl sites for hydroxylation is 1. The molecule has 2 saturated carbocycles. The fourth-order valence-electron chi connectivity index (χ4n) is 6.18. The molecule has 0 spiro atoms. The van der Waals surface area contributed by atoms with Gasteiger partial charge in [-0.25, -0.2) is 4.79 Å². The highest BCUT2D eigenvalue weighted by Gasteiger charge is 2.72. The molecule has 6 heteroatoms. The van der Waals surface area contributed by atoms with Crippen LogP contribution in [0.5, 0.6) is 11.5 Å². The molecule has 0 bridgehead atoms. The number of carbonyl (C=O) groups is 2. The Morgan fingerprint density at radius 1 is 1.17 bits per heavy atom. The quantitative estimate of drug-likeness (QED) is 0.531. The van der Waals surface area contributed by atoms with E-state index in [9.17, 15) is 24.9 Å². The summed E-state index contributed by atoms with van der Waals surface area (Å²) in [6.45, 7) is 7.97. The van der Waals surface area contributed by atoms with Gasteiger partial charge in [-0.05, 0) is 55.1 Å². The van der Waals surface area contributed by atoms with Crippen molar-refractivity contribution in [3.8, 4) is 11.5 Å². The van der Waals surface area contributed by atoms with Crippen LogP contribution in [0.3, 0.4) is 0 Å². The van der Waals surface area contributed by atoms with Crippen molar-refractivity contribution in [3.63, 3.8) is 0 Å². The average molecular weight is 400 g/mol. The van der Waals surface area contributed by atoms with Gasteiger partial charge in [-0.3, -0.25) is 4.79 Å². The van der Waals surface area contributed by atoms with Crippen molar-refractivity contribution in [2.24, 2.45) is 22.7 Å². The molecular weight excluding hydrogens is 372 g/mol. The standard InChI is InChI=1S/C23H28O6/c1-12-5-15(25)7-17(26)19(12)20(27)29-18-10-22(4)16-9-21(2,3)8-13(16)6-14(11-24)23(18,22)28/h5-7,11,13,16,18,25-26,28H,8-10H2,1-4H3/t13-,16+,18-,22-,23+/m1/s1. The van der Waals surface area contributed by atoms with E-state index in [1.807, 2.05) is 13.0 Å². The van der Waals surface area contributed by atoms with Crippen LogP contribution in [-0.4, -0.2) is 39.3 Å². The minimum Gasteiger partial charge on any atom is -0.508 e. The second-order valence-corrected chi connectivity index (χ2v) is 10.0. The Kier molecular flexibility index (Phi) is 4.18. The number of rotatable bonds is 3. The van der Waals surface area contributed by atoms with Crippen molar-refractivity contribution in [2.75, 3.05) is 0 Å². The normalized spacial score (nSPS) is 37.0. The predicted molar refractivity (Wildman–Crippen MR) is 106 cm³/mol. The van der Waals surface area contributed by atoms with Gasteiger partial charge < -0.3 is 20.1 Å². The molecule has 0 aromatic heterocycles. The maximum atomic E-state index is 12.8. The number of phenols is 2. The van der Waals surface area contributed by atoms with Gasteiger partial charge >= 0.3 is 5.97 Å². The van der Waals surface area contributed by atoms with Gasteiger partial charge in [0.05, 0.1) is 0 Å². The molecule has 1 aromatic carbocycles. The molecule has 4 rings (SSSR count). The van der Waals surface area contributed by atoms with E-state index in [2.05, 4.69) is 13.8 Å². The lowest BCUT2D eigenvalue weighted by atomic mass is 9.44. The first-order valence-corrected chi connectivity index (χ1v) is 10.1. The molecule has 156 valence electrons. The average Bonchev–Trinajstić information content (AvgIpc) is 2.91. The molecular formula is C23H28O6. The van der Waals surface area contributed by atoms with E-state index in [-0.39, 0.29) is 39.9 Å². The Hall–Kier alpha value is -2.34.